The van der Waals surface area contributed by atoms with Gasteiger partial charge in [-0.05, 0) is 34.1 Å². The van der Waals surface area contributed by atoms with Crippen LogP contribution in [0.25, 0.3) is 0 Å². The maximum atomic E-state index is 12.2. The lowest BCUT2D eigenvalue weighted by atomic mass is 10.2. The van der Waals surface area contributed by atoms with Gasteiger partial charge in [0.2, 0.25) is 0 Å². The Hall–Kier alpha value is -1.79. The van der Waals surface area contributed by atoms with Gasteiger partial charge in [0.1, 0.15) is 5.15 Å². The average Bonchev–Trinajstić information content (AvgIpc) is 2.45. The van der Waals surface area contributed by atoms with Gasteiger partial charge in [0, 0.05) is 17.3 Å². The maximum absolute atomic E-state index is 12.2. The number of carbonyl (C=O) groups is 1. The Bertz CT molecular complexity index is 771. The van der Waals surface area contributed by atoms with Crippen molar-refractivity contribution in [2.45, 2.75) is 0 Å². The van der Waals surface area contributed by atoms with Gasteiger partial charge in [0.25, 0.3) is 5.91 Å². The van der Waals surface area contributed by atoms with Gasteiger partial charge in [0.15, 0.2) is 5.75 Å². The van der Waals surface area contributed by atoms with Gasteiger partial charge in [0.05, 0.1) is 28.5 Å². The van der Waals surface area contributed by atoms with Crippen molar-refractivity contribution in [3.05, 3.63) is 45.7 Å². The number of nitrogens with one attached hydrogen (secondary N) is 2. The van der Waals surface area contributed by atoms with Crippen molar-refractivity contribution in [3.8, 4) is 5.75 Å². The second kappa shape index (κ2) is 6.78. The van der Waals surface area contributed by atoms with E-state index >= 15 is 0 Å². The molecule has 2 N–H and O–H groups in total. The summed E-state index contributed by atoms with van der Waals surface area (Å²) in [5.41, 5.74) is 0.905. The fraction of sp³-hybridized carbons (Fsp3) is 0.143. The number of amides is 1. The number of rotatable bonds is 4. The molecule has 0 fully saturated rings. The summed E-state index contributed by atoms with van der Waals surface area (Å²) < 4.78 is 27.5. The molecule has 0 saturated heterocycles. The number of anilines is 2. The zero-order chi connectivity index (χ0) is 17.9. The topological polar surface area (TPSA) is 63.2 Å². The smallest absolute Gasteiger partial charge is 0.254 e. The van der Waals surface area contributed by atoms with E-state index in [0.29, 0.717) is 21.6 Å². The molecule has 2 aromatic rings. The molecule has 0 spiro atoms. The number of para-hydroxylation sites is 1. The second-order valence-corrected chi connectivity index (χ2v) is 5.19. The molecule has 0 atom stereocenters. The van der Waals surface area contributed by atoms with Crippen LogP contribution < -0.4 is 15.4 Å². The number of benzene rings is 1. The van der Waals surface area contributed by atoms with E-state index in [-0.39, 0.29) is 10.7 Å². The zero-order valence-electron chi connectivity index (χ0n) is 13.9. The molecule has 1 aromatic carbocycles. The maximum Gasteiger partial charge on any atom is 0.254 e. The highest BCUT2D eigenvalue weighted by Gasteiger charge is 2.14. The number of ether oxygens (including phenoxy) is 1. The minimum atomic E-state index is -2.61. The monoisotopic (exact) mass is 372 g/mol. The average molecular weight is 374 g/mol. The highest BCUT2D eigenvalue weighted by atomic mass is 79.9. The Morgan fingerprint density at radius 1 is 1.48 bits per heavy atom. The number of hydrogen-bond donors (Lipinski definition) is 2. The largest absolute Gasteiger partial charge is 0.493 e. The van der Waals surface area contributed by atoms with Crippen molar-refractivity contribution >= 4 is 44.8 Å². The Balaban J connectivity index is 2.42. The molecule has 0 bridgehead atoms. The van der Waals surface area contributed by atoms with Gasteiger partial charge >= 0.3 is 0 Å². The molecule has 2 rings (SSSR count). The van der Waals surface area contributed by atoms with Crippen LogP contribution in [0, 0.1) is 0 Å². The van der Waals surface area contributed by atoms with Crippen molar-refractivity contribution in [3.63, 3.8) is 0 Å². The standard InChI is InChI=1S/C14H13BrClN3O2/c1-17-14(20)8-7-18-12(16)6-11(8)19-10-5-3-4-9(15)13(10)21-2/h3-7H,1-2H3,(H,17,20)(H,18,19)/i1D3. The minimum Gasteiger partial charge on any atom is -0.493 e. The number of hydrogen-bond acceptors (Lipinski definition) is 4. The summed E-state index contributed by atoms with van der Waals surface area (Å²) in [5, 5.41) is 5.08. The van der Waals surface area contributed by atoms with Crippen molar-refractivity contribution in [1.82, 2.24) is 10.3 Å². The summed E-state index contributed by atoms with van der Waals surface area (Å²) in [6.45, 7) is -2.61. The molecule has 1 heterocycles. The number of aromatic nitrogens is 1. The molecule has 5 nitrogen and oxygen atoms in total. The number of halogens is 2. The zero-order valence-corrected chi connectivity index (χ0v) is 13.2. The molecule has 0 aliphatic carbocycles. The molecule has 0 unspecified atom stereocenters. The van der Waals surface area contributed by atoms with Gasteiger partial charge in [-0.1, -0.05) is 17.7 Å². The van der Waals surface area contributed by atoms with Crippen LogP contribution in [-0.2, 0) is 0 Å². The van der Waals surface area contributed by atoms with E-state index in [9.17, 15) is 4.79 Å². The Morgan fingerprint density at radius 3 is 3.00 bits per heavy atom. The number of nitrogens with zero attached hydrogens (tertiary/aromatic N) is 1. The highest BCUT2D eigenvalue weighted by molar-refractivity contribution is 9.10. The SMILES string of the molecule is [2H]C([2H])([2H])NC(=O)c1cnc(Cl)cc1Nc1cccc(Br)c1OC. The molecule has 110 valence electrons. The van der Waals surface area contributed by atoms with E-state index in [1.54, 1.807) is 18.2 Å². The van der Waals surface area contributed by atoms with Crippen LogP contribution in [-0.4, -0.2) is 25.0 Å². The molecule has 0 saturated carbocycles. The predicted molar refractivity (Wildman–Crippen MR) is 86.6 cm³/mol. The highest BCUT2D eigenvalue weighted by Crippen LogP contribution is 2.35. The predicted octanol–water partition coefficient (Wildman–Crippen LogP) is 3.61. The summed E-state index contributed by atoms with van der Waals surface area (Å²) in [5.74, 6) is -0.275. The van der Waals surface area contributed by atoms with Gasteiger partial charge in [-0.2, -0.15) is 0 Å². The van der Waals surface area contributed by atoms with Crippen molar-refractivity contribution < 1.29 is 13.6 Å². The van der Waals surface area contributed by atoms with E-state index in [2.05, 4.69) is 26.2 Å². The van der Waals surface area contributed by atoms with Crippen molar-refractivity contribution in [2.75, 3.05) is 19.4 Å². The Morgan fingerprint density at radius 2 is 2.29 bits per heavy atom. The van der Waals surface area contributed by atoms with E-state index in [0.717, 1.165) is 0 Å². The minimum absolute atomic E-state index is 0.0394. The lowest BCUT2D eigenvalue weighted by molar-refractivity contribution is 0.0963. The molecule has 1 amide bonds. The van der Waals surface area contributed by atoms with Crippen LogP contribution in [0.15, 0.2) is 34.9 Å². The van der Waals surface area contributed by atoms with Gasteiger partial charge in [-0.3, -0.25) is 4.79 Å². The van der Waals surface area contributed by atoms with Crippen LogP contribution in [0.2, 0.25) is 5.15 Å². The second-order valence-electron chi connectivity index (χ2n) is 3.95. The molecule has 1 aromatic heterocycles. The van der Waals surface area contributed by atoms with Gasteiger partial charge in [-0.25, -0.2) is 4.98 Å². The number of carbonyl (C=O) groups excluding carboxylic acids is 1. The first-order chi connectivity index (χ1) is 11.2. The molecular weight excluding hydrogens is 358 g/mol. The number of methoxy groups -OCH3 is 1. The summed E-state index contributed by atoms with van der Waals surface area (Å²) in [6, 6.07) is 6.74. The molecular formula is C14H13BrClN3O2. The molecule has 7 heteroatoms. The molecule has 0 radical (unpaired) electrons. The Kier molecular flexibility index (Phi) is 3.82. The van der Waals surface area contributed by atoms with Gasteiger partial charge < -0.3 is 15.4 Å². The quantitative estimate of drug-likeness (QED) is 0.804. The Labute approximate surface area is 140 Å². The summed E-state index contributed by atoms with van der Waals surface area (Å²) in [4.78, 5) is 16.0. The lowest BCUT2D eigenvalue weighted by Crippen LogP contribution is -2.19. The van der Waals surface area contributed by atoms with Crippen LogP contribution in [0.4, 0.5) is 11.4 Å². The normalized spacial score (nSPS) is 12.8. The van der Waals surface area contributed by atoms with E-state index < -0.39 is 12.9 Å². The van der Waals surface area contributed by atoms with Crippen LogP contribution >= 0.6 is 27.5 Å². The fourth-order valence-electron chi connectivity index (χ4n) is 1.74. The van der Waals surface area contributed by atoms with Gasteiger partial charge in [-0.15, -0.1) is 0 Å². The third-order valence-corrected chi connectivity index (χ3v) is 3.50. The first-order valence-corrected chi connectivity index (χ1v) is 6.96. The summed E-state index contributed by atoms with van der Waals surface area (Å²) in [6.07, 6.45) is 1.20. The fourth-order valence-corrected chi connectivity index (χ4v) is 2.43. The summed E-state index contributed by atoms with van der Waals surface area (Å²) in [7, 11) is 1.51. The third-order valence-electron chi connectivity index (χ3n) is 2.67. The third kappa shape index (κ3) is 3.46. The van der Waals surface area contributed by atoms with Crippen LogP contribution in [0.5, 0.6) is 5.75 Å². The first kappa shape index (κ1) is 11.8. The first-order valence-electron chi connectivity index (χ1n) is 7.29. The van der Waals surface area contributed by atoms with E-state index in [1.807, 2.05) is 5.32 Å². The molecule has 0 aliphatic heterocycles. The van der Waals surface area contributed by atoms with Crippen molar-refractivity contribution in [2.24, 2.45) is 0 Å². The molecule has 21 heavy (non-hydrogen) atoms. The van der Waals surface area contributed by atoms with E-state index in [1.165, 1.54) is 19.4 Å². The van der Waals surface area contributed by atoms with Crippen LogP contribution in [0.1, 0.15) is 14.5 Å². The van der Waals surface area contributed by atoms with Crippen molar-refractivity contribution in [1.29, 1.82) is 0 Å². The number of pyridine rings is 1. The summed E-state index contributed by atoms with van der Waals surface area (Å²) >= 11 is 9.26. The molecule has 0 aliphatic rings. The van der Waals surface area contributed by atoms with Crippen LogP contribution in [0.3, 0.4) is 0 Å². The van der Waals surface area contributed by atoms with E-state index in [4.69, 9.17) is 20.5 Å². The lowest BCUT2D eigenvalue weighted by Gasteiger charge is -2.15.